The number of hydrogen-bond acceptors (Lipinski definition) is 4. The lowest BCUT2D eigenvalue weighted by Crippen LogP contribution is -2.10. The highest BCUT2D eigenvalue weighted by Crippen LogP contribution is 2.30. The molecule has 1 N–H and O–H groups in total. The first-order valence-electron chi connectivity index (χ1n) is 8.07. The summed E-state index contributed by atoms with van der Waals surface area (Å²) in [5, 5.41) is 3.25. The van der Waals surface area contributed by atoms with Gasteiger partial charge in [-0.3, -0.25) is 0 Å². The van der Waals surface area contributed by atoms with Crippen molar-refractivity contribution in [3.8, 4) is 0 Å². The minimum absolute atomic E-state index is 0.511. The van der Waals surface area contributed by atoms with E-state index in [1.165, 1.54) is 0 Å². The molecular formula is C19H24BrNO3S. The number of hydrogen-bond donors (Lipinski definition) is 1. The molecule has 0 heterocycles. The number of allylic oxidation sites excluding steroid dienone is 8. The van der Waals surface area contributed by atoms with Crippen molar-refractivity contribution in [2.75, 3.05) is 13.7 Å². The third-order valence-electron chi connectivity index (χ3n) is 3.74. The maximum Gasteiger partial charge on any atom is 0.147 e. The fourth-order valence-electron chi connectivity index (χ4n) is 2.51. The second-order valence-corrected chi connectivity index (χ2v) is 8.40. The van der Waals surface area contributed by atoms with Crippen LogP contribution in [0.25, 0.3) is 0 Å². The predicted molar refractivity (Wildman–Crippen MR) is 109 cm³/mol. The molecule has 2 aliphatic rings. The van der Waals surface area contributed by atoms with E-state index in [2.05, 4.69) is 27.1 Å². The smallest absolute Gasteiger partial charge is 0.147 e. The Labute approximate surface area is 159 Å². The van der Waals surface area contributed by atoms with Crippen LogP contribution in [0.2, 0.25) is 0 Å². The number of rotatable bonds is 6. The van der Waals surface area contributed by atoms with Gasteiger partial charge in [-0.2, -0.15) is 0 Å². The maximum absolute atomic E-state index is 13.1. The van der Waals surface area contributed by atoms with E-state index < -0.39 is 9.80 Å². The fourth-order valence-corrected chi connectivity index (χ4v) is 4.38. The van der Waals surface area contributed by atoms with E-state index in [4.69, 9.17) is 8.92 Å². The largest absolute Gasteiger partial charge is 0.496 e. The zero-order chi connectivity index (χ0) is 18.4. The van der Waals surface area contributed by atoms with Crippen molar-refractivity contribution >= 4 is 31.6 Å². The van der Waals surface area contributed by atoms with Gasteiger partial charge >= 0.3 is 0 Å². The average molecular weight is 426 g/mol. The molecule has 0 saturated heterocycles. The number of ether oxygens (including phenoxy) is 1. The van der Waals surface area contributed by atoms with E-state index in [-0.39, 0.29) is 0 Å². The minimum atomic E-state index is -2.91. The van der Waals surface area contributed by atoms with E-state index in [1.54, 1.807) is 19.3 Å². The van der Waals surface area contributed by atoms with Gasteiger partial charge in [-0.25, -0.2) is 4.21 Å². The third kappa shape index (κ3) is 5.16. The second-order valence-electron chi connectivity index (χ2n) is 5.68. The first-order chi connectivity index (χ1) is 11.9. The van der Waals surface area contributed by atoms with Crippen molar-refractivity contribution in [3.63, 3.8) is 0 Å². The highest BCUT2D eigenvalue weighted by Gasteiger charge is 2.17. The molecule has 25 heavy (non-hydrogen) atoms. The molecule has 1 unspecified atom stereocenters. The van der Waals surface area contributed by atoms with Gasteiger partial charge in [0.05, 0.1) is 16.5 Å². The van der Waals surface area contributed by atoms with E-state index in [1.807, 2.05) is 38.2 Å². The Kier molecular flexibility index (Phi) is 6.79. The Hall–Kier alpha value is -1.66. The lowest BCUT2D eigenvalue weighted by atomic mass is 10.2. The summed E-state index contributed by atoms with van der Waals surface area (Å²) in [6.45, 7) is 4.86. The summed E-state index contributed by atoms with van der Waals surface area (Å²) >= 11 is 3.49. The lowest BCUT2D eigenvalue weighted by molar-refractivity contribution is 0.300. The van der Waals surface area contributed by atoms with Crippen LogP contribution in [0.5, 0.6) is 0 Å². The van der Waals surface area contributed by atoms with Gasteiger partial charge < -0.3 is 14.2 Å². The standard InChI is InChI=1S/C19H24BrNO3S/c1-5-21-15-7-6-8-17(12-10-15)25(4,22)24-16-11-9-14(2)19(23-3)18(20)13-16/h7-8,10-13,21H,4-6,9H2,1-3H3. The predicted octanol–water partition coefficient (Wildman–Crippen LogP) is 4.46. The van der Waals surface area contributed by atoms with Crippen molar-refractivity contribution in [2.24, 2.45) is 0 Å². The number of halogens is 1. The molecule has 0 aromatic rings. The monoisotopic (exact) mass is 425 g/mol. The van der Waals surface area contributed by atoms with Crippen LogP contribution in [0.3, 0.4) is 0 Å². The molecule has 0 aromatic heterocycles. The van der Waals surface area contributed by atoms with Crippen LogP contribution in [0.4, 0.5) is 0 Å². The summed E-state index contributed by atoms with van der Waals surface area (Å²) in [5.74, 6) is 5.10. The van der Waals surface area contributed by atoms with Crippen LogP contribution in [0.15, 0.2) is 68.6 Å². The van der Waals surface area contributed by atoms with Crippen molar-refractivity contribution in [3.05, 3.63) is 68.6 Å². The van der Waals surface area contributed by atoms with E-state index in [0.29, 0.717) is 23.5 Å². The van der Waals surface area contributed by atoms with Gasteiger partial charge in [0.25, 0.3) is 0 Å². The van der Waals surface area contributed by atoms with Crippen molar-refractivity contribution in [2.45, 2.75) is 26.7 Å². The average Bonchev–Trinajstić information content (AvgIpc) is 2.85. The van der Waals surface area contributed by atoms with Gasteiger partial charge in [0.2, 0.25) is 0 Å². The Morgan fingerprint density at radius 1 is 1.32 bits per heavy atom. The van der Waals surface area contributed by atoms with Gasteiger partial charge in [0.1, 0.15) is 21.3 Å². The summed E-state index contributed by atoms with van der Waals surface area (Å²) in [6.07, 6.45) is 12.6. The quantitative estimate of drug-likeness (QED) is 0.638. The molecule has 0 radical (unpaired) electrons. The Bertz CT molecular complexity index is 812. The minimum Gasteiger partial charge on any atom is -0.496 e. The molecule has 2 aliphatic carbocycles. The molecule has 0 aromatic carbocycles. The van der Waals surface area contributed by atoms with E-state index >= 15 is 0 Å². The molecule has 6 heteroatoms. The SMILES string of the molecule is C=S(=O)(OC1=CCC(C)=C(OC)C(Br)=C1)C1=CCC=C(NCC)C=C1. The van der Waals surface area contributed by atoms with Gasteiger partial charge in [-0.05, 0) is 78.4 Å². The van der Waals surface area contributed by atoms with E-state index in [9.17, 15) is 4.21 Å². The Balaban J connectivity index is 2.19. The van der Waals surface area contributed by atoms with Crippen LogP contribution in [0.1, 0.15) is 26.7 Å². The van der Waals surface area contributed by atoms with Gasteiger partial charge in [-0.15, -0.1) is 0 Å². The molecule has 0 aliphatic heterocycles. The molecule has 0 bridgehead atoms. The van der Waals surface area contributed by atoms with Crippen molar-refractivity contribution in [1.82, 2.24) is 5.32 Å². The Morgan fingerprint density at radius 2 is 2.08 bits per heavy atom. The highest BCUT2D eigenvalue weighted by molar-refractivity contribution is 9.12. The molecule has 136 valence electrons. The van der Waals surface area contributed by atoms with Crippen molar-refractivity contribution < 1.29 is 13.1 Å². The first-order valence-corrected chi connectivity index (χ1v) is 10.5. The number of likely N-dealkylation sites (N-methyl/N-ethyl adjacent to an activating group) is 1. The van der Waals surface area contributed by atoms with Gasteiger partial charge in [-0.1, -0.05) is 12.2 Å². The van der Waals surface area contributed by atoms with E-state index in [0.717, 1.165) is 28.1 Å². The molecule has 0 spiro atoms. The van der Waals surface area contributed by atoms with Gasteiger partial charge in [0.15, 0.2) is 0 Å². The highest BCUT2D eigenvalue weighted by atomic mass is 79.9. The van der Waals surface area contributed by atoms with Crippen molar-refractivity contribution in [1.29, 1.82) is 0 Å². The zero-order valence-electron chi connectivity index (χ0n) is 14.8. The molecule has 0 saturated carbocycles. The summed E-state index contributed by atoms with van der Waals surface area (Å²) in [4.78, 5) is 0.586. The lowest BCUT2D eigenvalue weighted by Gasteiger charge is -2.13. The summed E-state index contributed by atoms with van der Waals surface area (Å²) < 4.78 is 25.0. The second kappa shape index (κ2) is 8.63. The molecule has 0 amide bonds. The zero-order valence-corrected chi connectivity index (χ0v) is 17.2. The first kappa shape index (κ1) is 19.7. The van der Waals surface area contributed by atoms with Crippen LogP contribution >= 0.6 is 15.9 Å². The van der Waals surface area contributed by atoms with Crippen LogP contribution in [-0.4, -0.2) is 23.7 Å². The third-order valence-corrected chi connectivity index (χ3v) is 5.81. The van der Waals surface area contributed by atoms with Gasteiger partial charge in [0, 0.05) is 12.2 Å². The fraction of sp³-hybridized carbons (Fsp3) is 0.316. The van der Waals surface area contributed by atoms with Crippen LogP contribution in [-0.2, 0) is 18.7 Å². The number of methoxy groups -OCH3 is 1. The summed E-state index contributed by atoms with van der Waals surface area (Å²) in [5.41, 5.74) is 2.07. The summed E-state index contributed by atoms with van der Waals surface area (Å²) in [7, 11) is -1.28. The Morgan fingerprint density at radius 3 is 2.76 bits per heavy atom. The molecule has 0 fully saturated rings. The summed E-state index contributed by atoms with van der Waals surface area (Å²) in [6, 6.07) is 0. The maximum atomic E-state index is 13.1. The topological polar surface area (TPSA) is 47.6 Å². The molecule has 2 rings (SSSR count). The molecular weight excluding hydrogens is 402 g/mol. The normalized spacial score (nSPS) is 20.3. The van der Waals surface area contributed by atoms with Crippen LogP contribution < -0.4 is 5.32 Å². The molecule has 4 nitrogen and oxygen atoms in total. The number of nitrogens with one attached hydrogen (secondary N) is 1. The van der Waals surface area contributed by atoms with Crippen LogP contribution in [0, 0.1) is 0 Å². The molecule has 1 atom stereocenters.